The van der Waals surface area contributed by atoms with Gasteiger partial charge in [-0.15, -0.1) is 11.3 Å². The third kappa shape index (κ3) is 3.90. The van der Waals surface area contributed by atoms with Crippen LogP contribution in [0.25, 0.3) is 0 Å². The number of aliphatic hydroxyl groups is 1. The zero-order chi connectivity index (χ0) is 12.2. The Morgan fingerprint density at radius 1 is 1.69 bits per heavy atom. The Balaban J connectivity index is 2.50. The van der Waals surface area contributed by atoms with Crippen molar-refractivity contribution in [2.24, 2.45) is 0 Å². The van der Waals surface area contributed by atoms with Gasteiger partial charge in [0.05, 0.1) is 11.6 Å². The van der Waals surface area contributed by atoms with Gasteiger partial charge in [0, 0.05) is 18.0 Å². The number of nitrogens with zero attached hydrogens (tertiary/aromatic N) is 1. The molecule has 1 unspecified atom stereocenters. The zero-order valence-corrected chi connectivity index (χ0v) is 10.7. The maximum atomic E-state index is 11.6. The van der Waals surface area contributed by atoms with Crippen molar-refractivity contribution >= 4 is 17.2 Å². The van der Waals surface area contributed by atoms with E-state index in [1.807, 2.05) is 19.2 Å². The first-order valence-corrected chi connectivity index (χ1v) is 6.19. The number of carbonyl (C=O) groups is 1. The van der Waals surface area contributed by atoms with E-state index in [4.69, 9.17) is 5.11 Å². The van der Waals surface area contributed by atoms with Crippen molar-refractivity contribution in [1.82, 2.24) is 10.3 Å². The minimum Gasteiger partial charge on any atom is -0.393 e. The molecule has 0 radical (unpaired) electrons. The average Bonchev–Trinajstić information content (AvgIpc) is 2.67. The Morgan fingerprint density at radius 3 is 2.88 bits per heavy atom. The lowest BCUT2D eigenvalue weighted by Crippen LogP contribution is -2.41. The number of carbonyl (C=O) groups excluding carboxylic acids is 1. The predicted molar refractivity (Wildman–Crippen MR) is 64.2 cm³/mol. The van der Waals surface area contributed by atoms with Crippen LogP contribution < -0.4 is 5.32 Å². The van der Waals surface area contributed by atoms with Gasteiger partial charge < -0.3 is 10.4 Å². The SMILES string of the molecule is CC(O)CCC(=O)NC(C)(C)c1nccs1. The van der Waals surface area contributed by atoms with E-state index in [1.165, 1.54) is 11.3 Å². The lowest BCUT2D eigenvalue weighted by molar-refractivity contribution is -0.123. The minimum atomic E-state index is -0.441. The molecule has 90 valence electrons. The summed E-state index contributed by atoms with van der Waals surface area (Å²) in [5.41, 5.74) is -0.441. The summed E-state index contributed by atoms with van der Waals surface area (Å²) < 4.78 is 0. The zero-order valence-electron chi connectivity index (χ0n) is 9.86. The Hall–Kier alpha value is -0.940. The summed E-state index contributed by atoms with van der Waals surface area (Å²) in [6.45, 7) is 5.53. The van der Waals surface area contributed by atoms with Gasteiger partial charge >= 0.3 is 0 Å². The molecule has 4 nitrogen and oxygen atoms in total. The topological polar surface area (TPSA) is 62.2 Å². The molecule has 1 aromatic heterocycles. The summed E-state index contributed by atoms with van der Waals surface area (Å²) in [6.07, 6.45) is 2.12. The fourth-order valence-electron chi connectivity index (χ4n) is 1.34. The van der Waals surface area contributed by atoms with Crippen LogP contribution in [0.5, 0.6) is 0 Å². The van der Waals surface area contributed by atoms with Crippen molar-refractivity contribution in [1.29, 1.82) is 0 Å². The lowest BCUT2D eigenvalue weighted by Gasteiger charge is -2.23. The van der Waals surface area contributed by atoms with Crippen molar-refractivity contribution in [2.75, 3.05) is 0 Å². The number of amides is 1. The van der Waals surface area contributed by atoms with Crippen LogP contribution >= 0.6 is 11.3 Å². The molecule has 5 heteroatoms. The third-order valence-corrected chi connectivity index (χ3v) is 3.30. The normalized spacial score (nSPS) is 13.5. The molecule has 0 aliphatic rings. The molecule has 0 bridgehead atoms. The van der Waals surface area contributed by atoms with Crippen LogP contribution in [0, 0.1) is 0 Å². The molecule has 0 aliphatic heterocycles. The van der Waals surface area contributed by atoms with Gasteiger partial charge in [-0.05, 0) is 27.2 Å². The highest BCUT2D eigenvalue weighted by atomic mass is 32.1. The summed E-state index contributed by atoms with van der Waals surface area (Å²) in [5.74, 6) is -0.0545. The molecule has 1 aromatic rings. The lowest BCUT2D eigenvalue weighted by atomic mass is 10.1. The van der Waals surface area contributed by atoms with E-state index in [1.54, 1.807) is 13.1 Å². The molecule has 0 spiro atoms. The molecule has 0 aromatic carbocycles. The molecule has 16 heavy (non-hydrogen) atoms. The van der Waals surface area contributed by atoms with E-state index in [-0.39, 0.29) is 5.91 Å². The number of hydrogen-bond donors (Lipinski definition) is 2. The van der Waals surface area contributed by atoms with Gasteiger partial charge in [0.1, 0.15) is 5.01 Å². The molecular formula is C11H18N2O2S. The Bertz CT molecular complexity index is 334. The quantitative estimate of drug-likeness (QED) is 0.825. The van der Waals surface area contributed by atoms with E-state index >= 15 is 0 Å². The van der Waals surface area contributed by atoms with Gasteiger partial charge in [0.2, 0.25) is 5.91 Å². The monoisotopic (exact) mass is 242 g/mol. The van der Waals surface area contributed by atoms with E-state index in [0.29, 0.717) is 12.8 Å². The van der Waals surface area contributed by atoms with Crippen molar-refractivity contribution in [3.05, 3.63) is 16.6 Å². The third-order valence-electron chi connectivity index (χ3n) is 2.21. The molecular weight excluding hydrogens is 224 g/mol. The number of aromatic nitrogens is 1. The van der Waals surface area contributed by atoms with Crippen LogP contribution in [0.4, 0.5) is 0 Å². The number of nitrogens with one attached hydrogen (secondary N) is 1. The Labute approximate surface area is 99.7 Å². The molecule has 1 rings (SSSR count). The first-order valence-electron chi connectivity index (χ1n) is 5.31. The predicted octanol–water partition coefficient (Wildman–Crippen LogP) is 1.66. The van der Waals surface area contributed by atoms with Crippen molar-refractivity contribution in [3.63, 3.8) is 0 Å². The second kappa shape index (κ2) is 5.41. The molecule has 0 saturated carbocycles. The molecule has 0 saturated heterocycles. The molecule has 1 heterocycles. The molecule has 1 atom stereocenters. The molecule has 1 amide bonds. The maximum absolute atomic E-state index is 11.6. The van der Waals surface area contributed by atoms with Gasteiger partial charge in [-0.25, -0.2) is 4.98 Å². The van der Waals surface area contributed by atoms with Crippen LogP contribution in [0.3, 0.4) is 0 Å². The Morgan fingerprint density at radius 2 is 2.38 bits per heavy atom. The largest absolute Gasteiger partial charge is 0.393 e. The molecule has 0 fully saturated rings. The van der Waals surface area contributed by atoms with E-state index in [2.05, 4.69) is 10.3 Å². The van der Waals surface area contributed by atoms with E-state index < -0.39 is 11.6 Å². The minimum absolute atomic E-state index is 0.0545. The van der Waals surface area contributed by atoms with E-state index in [0.717, 1.165) is 5.01 Å². The average molecular weight is 242 g/mol. The fourth-order valence-corrected chi connectivity index (χ4v) is 2.05. The van der Waals surface area contributed by atoms with Crippen LogP contribution in [0.15, 0.2) is 11.6 Å². The smallest absolute Gasteiger partial charge is 0.220 e. The highest BCUT2D eigenvalue weighted by Crippen LogP contribution is 2.22. The van der Waals surface area contributed by atoms with Gasteiger partial charge in [-0.2, -0.15) is 0 Å². The first-order chi connectivity index (χ1) is 7.42. The highest BCUT2D eigenvalue weighted by molar-refractivity contribution is 7.09. The Kier molecular flexibility index (Phi) is 4.44. The van der Waals surface area contributed by atoms with Crippen molar-refractivity contribution < 1.29 is 9.90 Å². The molecule has 2 N–H and O–H groups in total. The second-order valence-electron chi connectivity index (χ2n) is 4.40. The summed E-state index contributed by atoms with van der Waals surface area (Å²) in [4.78, 5) is 15.8. The summed E-state index contributed by atoms with van der Waals surface area (Å²) in [6, 6.07) is 0. The molecule has 0 aliphatic carbocycles. The maximum Gasteiger partial charge on any atom is 0.220 e. The van der Waals surface area contributed by atoms with Crippen LogP contribution in [-0.4, -0.2) is 22.1 Å². The standard InChI is InChI=1S/C11H18N2O2S/c1-8(14)4-5-9(15)13-11(2,3)10-12-6-7-16-10/h6-8,14H,4-5H2,1-3H3,(H,13,15). The first kappa shape index (κ1) is 13.1. The number of thiazole rings is 1. The summed E-state index contributed by atoms with van der Waals surface area (Å²) >= 11 is 1.52. The summed E-state index contributed by atoms with van der Waals surface area (Å²) in [7, 11) is 0. The highest BCUT2D eigenvalue weighted by Gasteiger charge is 2.25. The van der Waals surface area contributed by atoms with Crippen LogP contribution in [-0.2, 0) is 10.3 Å². The van der Waals surface area contributed by atoms with Crippen LogP contribution in [0.1, 0.15) is 38.6 Å². The second-order valence-corrected chi connectivity index (χ2v) is 5.29. The van der Waals surface area contributed by atoms with Gasteiger partial charge in [-0.3, -0.25) is 4.79 Å². The van der Waals surface area contributed by atoms with E-state index in [9.17, 15) is 4.79 Å². The van der Waals surface area contributed by atoms with Gasteiger partial charge in [0.25, 0.3) is 0 Å². The van der Waals surface area contributed by atoms with Crippen molar-refractivity contribution in [2.45, 2.75) is 45.3 Å². The number of aliphatic hydroxyl groups excluding tert-OH is 1. The van der Waals surface area contributed by atoms with Crippen molar-refractivity contribution in [3.8, 4) is 0 Å². The van der Waals surface area contributed by atoms with Crippen LogP contribution in [0.2, 0.25) is 0 Å². The van der Waals surface area contributed by atoms with Gasteiger partial charge in [0.15, 0.2) is 0 Å². The number of hydrogen-bond acceptors (Lipinski definition) is 4. The van der Waals surface area contributed by atoms with Gasteiger partial charge in [-0.1, -0.05) is 0 Å². The number of rotatable bonds is 5. The fraction of sp³-hybridized carbons (Fsp3) is 0.636. The summed E-state index contributed by atoms with van der Waals surface area (Å²) in [5, 5.41) is 14.8.